The van der Waals surface area contributed by atoms with E-state index in [1.807, 2.05) is 25.7 Å². The molecule has 0 saturated carbocycles. The number of carbonyl (C=O) groups is 2. The average Bonchev–Trinajstić information content (AvgIpc) is 3.13. The van der Waals surface area contributed by atoms with Gasteiger partial charge in [0.2, 0.25) is 0 Å². The van der Waals surface area contributed by atoms with Crippen LogP contribution < -0.4 is 20.7 Å². The Hall–Kier alpha value is -3.82. The van der Waals surface area contributed by atoms with Crippen molar-refractivity contribution in [3.05, 3.63) is 52.8 Å². The first-order valence-electron chi connectivity index (χ1n) is 10.7. The molecule has 2 heterocycles. The Bertz CT molecular complexity index is 1250. The molecule has 174 valence electrons. The predicted octanol–water partition coefficient (Wildman–Crippen LogP) is 2.72. The maximum Gasteiger partial charge on any atom is 0.417 e. The van der Waals surface area contributed by atoms with Crippen molar-refractivity contribution in [3.63, 3.8) is 0 Å². The molecule has 2 aromatic carbocycles. The molecule has 1 aromatic heterocycles. The summed E-state index contributed by atoms with van der Waals surface area (Å²) in [4.78, 5) is 42.6. The first kappa shape index (κ1) is 22.4. The number of nitrogens with one attached hydrogen (secondary N) is 2. The van der Waals surface area contributed by atoms with E-state index in [0.29, 0.717) is 36.5 Å². The third-order valence-corrected chi connectivity index (χ3v) is 5.40. The van der Waals surface area contributed by atoms with Gasteiger partial charge in [0.1, 0.15) is 0 Å². The number of piperazine rings is 1. The number of benzene rings is 2. The van der Waals surface area contributed by atoms with Crippen molar-refractivity contribution in [1.29, 1.82) is 0 Å². The van der Waals surface area contributed by atoms with E-state index in [4.69, 9.17) is 9.15 Å². The highest BCUT2D eigenvalue weighted by Crippen LogP contribution is 2.26. The number of nitrogens with zero attached hydrogens (tertiary/aromatic N) is 2. The molecule has 1 saturated heterocycles. The van der Waals surface area contributed by atoms with Crippen molar-refractivity contribution >= 4 is 34.3 Å². The van der Waals surface area contributed by atoms with Crippen LogP contribution in [-0.2, 0) is 9.59 Å². The normalized spacial score (nSPS) is 16.3. The van der Waals surface area contributed by atoms with Gasteiger partial charge < -0.3 is 24.3 Å². The standard InChI is InChI=1S/C23H25FN4O5/c1-13(2)32-19-7-5-16(11-17(19)24)27-8-9-28(14(3)12-27)22(30)21(29)25-15-4-6-18-20(10-15)33-23(31)26-18/h4-7,10-11,13-14H,8-9,12H2,1-3H3,(H,25,29)(H,26,31)/t14-/m1/s1. The van der Waals surface area contributed by atoms with Crippen molar-refractivity contribution in [3.8, 4) is 5.75 Å². The summed E-state index contributed by atoms with van der Waals surface area (Å²) in [5, 5.41) is 2.55. The van der Waals surface area contributed by atoms with E-state index in [9.17, 15) is 18.8 Å². The first-order valence-corrected chi connectivity index (χ1v) is 10.7. The SMILES string of the molecule is CC(C)Oc1ccc(N2CCN(C(=O)C(=O)Nc3ccc4[nH]c(=O)oc4c3)[C@H](C)C2)cc1F. The number of hydrogen-bond donors (Lipinski definition) is 2. The smallest absolute Gasteiger partial charge is 0.417 e. The lowest BCUT2D eigenvalue weighted by atomic mass is 10.1. The monoisotopic (exact) mass is 456 g/mol. The van der Waals surface area contributed by atoms with E-state index >= 15 is 0 Å². The number of hydrogen-bond acceptors (Lipinski definition) is 6. The van der Waals surface area contributed by atoms with Crippen LogP contribution in [0.25, 0.3) is 11.1 Å². The Morgan fingerprint density at radius 2 is 2.00 bits per heavy atom. The van der Waals surface area contributed by atoms with E-state index in [1.165, 1.54) is 17.0 Å². The van der Waals surface area contributed by atoms with E-state index in [2.05, 4.69) is 10.3 Å². The molecule has 10 heteroatoms. The minimum Gasteiger partial charge on any atom is -0.488 e. The maximum absolute atomic E-state index is 14.4. The van der Waals surface area contributed by atoms with Crippen LogP contribution in [0.1, 0.15) is 20.8 Å². The lowest BCUT2D eigenvalue weighted by Crippen LogP contribution is -2.56. The van der Waals surface area contributed by atoms with Gasteiger partial charge in [0.25, 0.3) is 0 Å². The molecule has 2 amide bonds. The van der Waals surface area contributed by atoms with Crippen LogP contribution in [0.2, 0.25) is 0 Å². The number of amides is 2. The highest BCUT2D eigenvalue weighted by atomic mass is 19.1. The molecule has 2 N–H and O–H groups in total. The lowest BCUT2D eigenvalue weighted by Gasteiger charge is -2.40. The molecule has 1 atom stereocenters. The molecule has 0 spiro atoms. The minimum atomic E-state index is -0.784. The van der Waals surface area contributed by atoms with Crippen LogP contribution in [0.3, 0.4) is 0 Å². The number of H-pyrrole nitrogens is 1. The van der Waals surface area contributed by atoms with E-state index in [-0.39, 0.29) is 23.5 Å². The van der Waals surface area contributed by atoms with Crippen LogP contribution in [-0.4, -0.2) is 53.5 Å². The molecule has 1 aliphatic heterocycles. The quantitative estimate of drug-likeness (QED) is 0.585. The Balaban J connectivity index is 1.39. The number of ether oxygens (including phenoxy) is 1. The van der Waals surface area contributed by atoms with Crippen LogP contribution >= 0.6 is 0 Å². The lowest BCUT2D eigenvalue weighted by molar-refractivity contribution is -0.144. The Morgan fingerprint density at radius 1 is 1.21 bits per heavy atom. The topological polar surface area (TPSA) is 108 Å². The van der Waals surface area contributed by atoms with E-state index in [0.717, 1.165) is 0 Å². The molecule has 3 aromatic rings. The second kappa shape index (κ2) is 8.97. The molecule has 9 nitrogen and oxygen atoms in total. The highest BCUT2D eigenvalue weighted by molar-refractivity contribution is 6.39. The first-order chi connectivity index (χ1) is 15.7. The number of oxazole rings is 1. The van der Waals surface area contributed by atoms with Gasteiger partial charge in [-0.1, -0.05) is 0 Å². The van der Waals surface area contributed by atoms with Crippen molar-refractivity contribution in [2.45, 2.75) is 32.9 Å². The Labute approximate surface area is 189 Å². The maximum atomic E-state index is 14.4. The average molecular weight is 456 g/mol. The summed E-state index contributed by atoms with van der Waals surface area (Å²) in [6, 6.07) is 9.17. The Morgan fingerprint density at radius 3 is 2.70 bits per heavy atom. The second-order valence-electron chi connectivity index (χ2n) is 8.25. The van der Waals surface area contributed by atoms with Crippen LogP contribution in [0, 0.1) is 5.82 Å². The molecule has 0 aliphatic carbocycles. The van der Waals surface area contributed by atoms with Gasteiger partial charge in [0.15, 0.2) is 17.1 Å². The van der Waals surface area contributed by atoms with Crippen LogP contribution in [0.5, 0.6) is 5.75 Å². The van der Waals surface area contributed by atoms with E-state index < -0.39 is 23.4 Å². The van der Waals surface area contributed by atoms with Crippen molar-refractivity contribution in [2.75, 3.05) is 29.9 Å². The summed E-state index contributed by atoms with van der Waals surface area (Å²) in [7, 11) is 0. The number of anilines is 2. The van der Waals surface area contributed by atoms with Gasteiger partial charge in [0, 0.05) is 49.2 Å². The molecule has 0 unspecified atom stereocenters. The largest absolute Gasteiger partial charge is 0.488 e. The van der Waals surface area contributed by atoms with Gasteiger partial charge in [-0.2, -0.15) is 0 Å². The third kappa shape index (κ3) is 4.84. The molecule has 1 aliphatic rings. The van der Waals surface area contributed by atoms with Gasteiger partial charge in [0.05, 0.1) is 11.6 Å². The zero-order valence-corrected chi connectivity index (χ0v) is 18.6. The fourth-order valence-electron chi connectivity index (χ4n) is 3.87. The zero-order valence-electron chi connectivity index (χ0n) is 18.6. The number of carbonyl (C=O) groups excluding carboxylic acids is 2. The van der Waals surface area contributed by atoms with Crippen molar-refractivity contribution in [2.24, 2.45) is 0 Å². The Kier molecular flexibility index (Phi) is 6.08. The second-order valence-corrected chi connectivity index (χ2v) is 8.25. The molecular formula is C23H25FN4O5. The molecular weight excluding hydrogens is 431 g/mol. The molecule has 0 bridgehead atoms. The third-order valence-electron chi connectivity index (χ3n) is 5.40. The summed E-state index contributed by atoms with van der Waals surface area (Å²) in [6.07, 6.45) is -0.130. The van der Waals surface area contributed by atoms with Crippen molar-refractivity contribution < 1.29 is 23.1 Å². The minimum absolute atomic E-state index is 0.130. The summed E-state index contributed by atoms with van der Waals surface area (Å²) >= 11 is 0. The van der Waals surface area contributed by atoms with Crippen LogP contribution in [0.4, 0.5) is 15.8 Å². The summed E-state index contributed by atoms with van der Waals surface area (Å²) < 4.78 is 24.8. The molecule has 0 radical (unpaired) electrons. The number of fused-ring (bicyclic) bond motifs is 1. The van der Waals surface area contributed by atoms with Gasteiger partial charge in [-0.25, -0.2) is 9.18 Å². The van der Waals surface area contributed by atoms with E-state index in [1.54, 1.807) is 24.3 Å². The summed E-state index contributed by atoms with van der Waals surface area (Å²) in [6.45, 7) is 6.71. The summed E-state index contributed by atoms with van der Waals surface area (Å²) in [5.74, 6) is -2.29. The van der Waals surface area contributed by atoms with Gasteiger partial charge in [-0.15, -0.1) is 0 Å². The number of halogens is 1. The van der Waals surface area contributed by atoms with Gasteiger partial charge >= 0.3 is 17.6 Å². The van der Waals surface area contributed by atoms with Crippen molar-refractivity contribution in [1.82, 2.24) is 9.88 Å². The molecule has 1 fully saturated rings. The highest BCUT2D eigenvalue weighted by Gasteiger charge is 2.31. The predicted molar refractivity (Wildman–Crippen MR) is 121 cm³/mol. The summed E-state index contributed by atoms with van der Waals surface area (Å²) in [5.41, 5.74) is 1.81. The fourth-order valence-corrected chi connectivity index (χ4v) is 3.87. The van der Waals surface area contributed by atoms with Crippen LogP contribution in [0.15, 0.2) is 45.6 Å². The molecule has 4 rings (SSSR count). The van der Waals surface area contributed by atoms with Gasteiger partial charge in [-0.3, -0.25) is 14.6 Å². The number of rotatable bonds is 4. The van der Waals surface area contributed by atoms with Gasteiger partial charge in [-0.05, 0) is 45.0 Å². The number of aromatic amines is 1. The fraction of sp³-hybridized carbons (Fsp3) is 0.348. The number of aromatic nitrogens is 1. The molecule has 33 heavy (non-hydrogen) atoms. The zero-order chi connectivity index (χ0) is 23.7.